The molecule has 2 aromatic rings. The molecule has 0 bridgehead atoms. The summed E-state index contributed by atoms with van der Waals surface area (Å²) in [6.07, 6.45) is 8.12. The minimum absolute atomic E-state index is 0.478. The quantitative estimate of drug-likeness (QED) is 0.848. The van der Waals surface area contributed by atoms with Gasteiger partial charge in [0.15, 0.2) is 0 Å². The van der Waals surface area contributed by atoms with Gasteiger partial charge in [-0.25, -0.2) is 9.97 Å². The lowest BCUT2D eigenvalue weighted by molar-refractivity contribution is 0.157. The summed E-state index contributed by atoms with van der Waals surface area (Å²) in [5.74, 6) is 0.992. The normalized spacial score (nSPS) is 12.9. The molecule has 0 radical (unpaired) electrons. The van der Waals surface area contributed by atoms with Crippen LogP contribution in [0.1, 0.15) is 31.0 Å². The van der Waals surface area contributed by atoms with Gasteiger partial charge in [-0.1, -0.05) is 0 Å². The maximum absolute atomic E-state index is 10.1. The van der Waals surface area contributed by atoms with Gasteiger partial charge in [0.1, 0.15) is 5.82 Å². The van der Waals surface area contributed by atoms with Crippen molar-refractivity contribution in [2.75, 3.05) is 0 Å². The zero-order valence-corrected chi connectivity index (χ0v) is 10.2. The maximum Gasteiger partial charge on any atom is 0.108 e. The Morgan fingerprint density at radius 3 is 2.94 bits per heavy atom. The third-order valence-corrected chi connectivity index (χ3v) is 2.99. The van der Waals surface area contributed by atoms with Gasteiger partial charge in [0, 0.05) is 32.4 Å². The van der Waals surface area contributed by atoms with Crippen molar-refractivity contribution in [3.63, 3.8) is 0 Å². The van der Waals surface area contributed by atoms with Gasteiger partial charge < -0.3 is 14.2 Å². The van der Waals surface area contributed by atoms with Crippen LogP contribution in [0, 0.1) is 0 Å². The second-order valence-electron chi connectivity index (χ2n) is 4.11. The van der Waals surface area contributed by atoms with Crippen LogP contribution in [0.4, 0.5) is 0 Å². The van der Waals surface area contributed by atoms with E-state index in [1.165, 1.54) is 0 Å². The van der Waals surface area contributed by atoms with E-state index in [1.54, 1.807) is 18.7 Å². The standard InChI is InChI=1S/C12H18N4O/c1-3-16-9-13-8-10(16)11(17)4-5-12-14-6-7-15(12)2/h6-9,11,17H,3-5H2,1-2H3. The predicted molar refractivity (Wildman–Crippen MR) is 64.4 cm³/mol. The second kappa shape index (κ2) is 5.14. The average Bonchev–Trinajstić information content (AvgIpc) is 2.94. The number of hydrogen-bond acceptors (Lipinski definition) is 3. The number of imidazole rings is 2. The lowest BCUT2D eigenvalue weighted by Gasteiger charge is -2.12. The van der Waals surface area contributed by atoms with Crippen LogP contribution in [0.25, 0.3) is 0 Å². The van der Waals surface area contributed by atoms with Gasteiger partial charge in [-0.15, -0.1) is 0 Å². The molecule has 0 aliphatic carbocycles. The summed E-state index contributed by atoms with van der Waals surface area (Å²) in [6, 6.07) is 0. The van der Waals surface area contributed by atoms with E-state index in [2.05, 4.69) is 9.97 Å². The van der Waals surface area contributed by atoms with Crippen LogP contribution in [0.15, 0.2) is 24.9 Å². The molecule has 1 unspecified atom stereocenters. The third-order valence-electron chi connectivity index (χ3n) is 2.99. The van der Waals surface area contributed by atoms with E-state index in [0.29, 0.717) is 6.42 Å². The van der Waals surface area contributed by atoms with E-state index in [9.17, 15) is 5.11 Å². The van der Waals surface area contributed by atoms with Crippen LogP contribution in [-0.2, 0) is 20.0 Å². The summed E-state index contributed by atoms with van der Waals surface area (Å²) in [4.78, 5) is 8.30. The van der Waals surface area contributed by atoms with Gasteiger partial charge in [-0.3, -0.25) is 0 Å². The Balaban J connectivity index is 1.98. The van der Waals surface area contributed by atoms with Gasteiger partial charge in [0.2, 0.25) is 0 Å². The van der Waals surface area contributed by atoms with Gasteiger partial charge in [0.25, 0.3) is 0 Å². The summed E-state index contributed by atoms with van der Waals surface area (Å²) in [7, 11) is 1.96. The van der Waals surface area contributed by atoms with Crippen LogP contribution in [0.3, 0.4) is 0 Å². The Morgan fingerprint density at radius 2 is 2.29 bits per heavy atom. The van der Waals surface area contributed by atoms with Crippen molar-refractivity contribution in [3.05, 3.63) is 36.4 Å². The van der Waals surface area contributed by atoms with E-state index >= 15 is 0 Å². The molecule has 0 amide bonds. The minimum atomic E-state index is -0.478. The summed E-state index contributed by atoms with van der Waals surface area (Å²) < 4.78 is 3.94. The topological polar surface area (TPSA) is 55.9 Å². The zero-order chi connectivity index (χ0) is 12.3. The Hall–Kier alpha value is -1.62. The number of aromatic nitrogens is 4. The molecule has 0 saturated heterocycles. The van der Waals surface area contributed by atoms with E-state index in [4.69, 9.17) is 0 Å². The van der Waals surface area contributed by atoms with Crippen molar-refractivity contribution in [2.45, 2.75) is 32.4 Å². The molecule has 92 valence electrons. The zero-order valence-electron chi connectivity index (χ0n) is 10.2. The highest BCUT2D eigenvalue weighted by molar-refractivity contribution is 5.03. The van der Waals surface area contributed by atoms with Crippen molar-refractivity contribution < 1.29 is 5.11 Å². The van der Waals surface area contributed by atoms with Crippen LogP contribution in [0.5, 0.6) is 0 Å². The molecule has 0 fully saturated rings. The molecule has 2 aromatic heterocycles. The molecule has 1 N–H and O–H groups in total. The van der Waals surface area contributed by atoms with Crippen molar-refractivity contribution >= 4 is 0 Å². The first-order valence-corrected chi connectivity index (χ1v) is 5.86. The molecular formula is C12H18N4O. The molecule has 0 aromatic carbocycles. The van der Waals surface area contributed by atoms with E-state index in [1.807, 2.05) is 29.3 Å². The highest BCUT2D eigenvalue weighted by atomic mass is 16.3. The molecule has 2 rings (SSSR count). The van der Waals surface area contributed by atoms with Crippen molar-refractivity contribution in [1.29, 1.82) is 0 Å². The summed E-state index contributed by atoms with van der Waals surface area (Å²) in [5, 5.41) is 10.1. The number of nitrogens with zero attached hydrogens (tertiary/aromatic N) is 4. The van der Waals surface area contributed by atoms with Crippen molar-refractivity contribution in [1.82, 2.24) is 19.1 Å². The first kappa shape index (κ1) is 11.9. The first-order valence-electron chi connectivity index (χ1n) is 5.86. The molecule has 5 heteroatoms. The number of rotatable bonds is 5. The van der Waals surface area contributed by atoms with Crippen LogP contribution in [0.2, 0.25) is 0 Å². The monoisotopic (exact) mass is 234 g/mol. The van der Waals surface area contributed by atoms with Crippen molar-refractivity contribution in [2.24, 2.45) is 7.05 Å². The maximum atomic E-state index is 10.1. The molecule has 0 aliphatic rings. The smallest absolute Gasteiger partial charge is 0.108 e. The summed E-state index contributed by atoms with van der Waals surface area (Å²) in [5.41, 5.74) is 0.877. The van der Waals surface area contributed by atoms with Gasteiger partial charge in [-0.05, 0) is 13.3 Å². The van der Waals surface area contributed by atoms with Crippen LogP contribution >= 0.6 is 0 Å². The Bertz CT molecular complexity index is 474. The SMILES string of the molecule is CCn1cncc1C(O)CCc1nccn1C. The molecule has 0 saturated carbocycles. The molecule has 17 heavy (non-hydrogen) atoms. The fourth-order valence-corrected chi connectivity index (χ4v) is 1.92. The van der Waals surface area contributed by atoms with E-state index in [-0.39, 0.29) is 0 Å². The lowest BCUT2D eigenvalue weighted by Crippen LogP contribution is -2.08. The molecule has 0 aliphatic heterocycles. The highest BCUT2D eigenvalue weighted by Crippen LogP contribution is 2.18. The number of aliphatic hydroxyl groups is 1. The molecule has 1 atom stereocenters. The van der Waals surface area contributed by atoms with E-state index < -0.39 is 6.10 Å². The van der Waals surface area contributed by atoms with E-state index in [0.717, 1.165) is 24.5 Å². The number of aliphatic hydroxyl groups excluding tert-OH is 1. The fourth-order valence-electron chi connectivity index (χ4n) is 1.92. The third kappa shape index (κ3) is 2.55. The molecule has 2 heterocycles. The Morgan fingerprint density at radius 1 is 1.47 bits per heavy atom. The second-order valence-corrected chi connectivity index (χ2v) is 4.11. The minimum Gasteiger partial charge on any atom is -0.387 e. The van der Waals surface area contributed by atoms with Crippen LogP contribution < -0.4 is 0 Å². The van der Waals surface area contributed by atoms with Gasteiger partial charge in [-0.2, -0.15) is 0 Å². The summed E-state index contributed by atoms with van der Waals surface area (Å²) >= 11 is 0. The first-order chi connectivity index (χ1) is 8.22. The van der Waals surface area contributed by atoms with Gasteiger partial charge >= 0.3 is 0 Å². The molecule has 5 nitrogen and oxygen atoms in total. The Kier molecular flexibility index (Phi) is 3.58. The average molecular weight is 234 g/mol. The summed E-state index contributed by atoms with van der Waals surface area (Å²) in [6.45, 7) is 2.87. The molecule has 0 spiro atoms. The number of aryl methyl sites for hydroxylation is 3. The Labute approximate surface area is 101 Å². The molecular weight excluding hydrogens is 216 g/mol. The highest BCUT2D eigenvalue weighted by Gasteiger charge is 2.13. The van der Waals surface area contributed by atoms with Crippen LogP contribution in [-0.4, -0.2) is 24.2 Å². The lowest BCUT2D eigenvalue weighted by atomic mass is 10.1. The number of hydrogen-bond donors (Lipinski definition) is 1. The predicted octanol–water partition coefficient (Wildman–Crippen LogP) is 1.30. The largest absolute Gasteiger partial charge is 0.387 e. The fraction of sp³-hybridized carbons (Fsp3) is 0.500. The van der Waals surface area contributed by atoms with Gasteiger partial charge in [0.05, 0.1) is 24.3 Å². The van der Waals surface area contributed by atoms with Crippen molar-refractivity contribution in [3.8, 4) is 0 Å².